The van der Waals surface area contributed by atoms with E-state index in [0.29, 0.717) is 17.9 Å². The molecule has 0 saturated carbocycles. The number of benzene rings is 1. The van der Waals surface area contributed by atoms with E-state index < -0.39 is 0 Å². The Morgan fingerprint density at radius 1 is 1.05 bits per heavy atom. The fourth-order valence-corrected chi connectivity index (χ4v) is 2.51. The first-order chi connectivity index (χ1) is 8.92. The van der Waals surface area contributed by atoms with Gasteiger partial charge in [0.1, 0.15) is 5.75 Å². The molecule has 1 rings (SSSR count). The standard InChI is InChI=1S/C17H29NO/c1-12(2)9-15(10-13(3)4)18-16-11-14(5)7-8-17(16)19-6/h7-8,11-13,15,18H,9-10H2,1-6H3. The van der Waals surface area contributed by atoms with Crippen LogP contribution in [-0.4, -0.2) is 13.2 Å². The number of aryl methyl sites for hydroxylation is 1. The second-order valence-electron chi connectivity index (χ2n) is 6.30. The van der Waals surface area contributed by atoms with Crippen LogP contribution < -0.4 is 10.1 Å². The summed E-state index contributed by atoms with van der Waals surface area (Å²) in [6.07, 6.45) is 2.38. The molecule has 0 fully saturated rings. The lowest BCUT2D eigenvalue weighted by atomic mass is 9.95. The van der Waals surface area contributed by atoms with Crippen molar-refractivity contribution in [1.82, 2.24) is 0 Å². The molecule has 0 aliphatic rings. The number of hydrogen-bond donors (Lipinski definition) is 1. The van der Waals surface area contributed by atoms with Crippen molar-refractivity contribution < 1.29 is 4.74 Å². The third kappa shape index (κ3) is 5.54. The van der Waals surface area contributed by atoms with Crippen molar-refractivity contribution in [2.24, 2.45) is 11.8 Å². The Morgan fingerprint density at radius 3 is 2.11 bits per heavy atom. The minimum atomic E-state index is 0.510. The van der Waals surface area contributed by atoms with Crippen LogP contribution in [0.15, 0.2) is 18.2 Å². The molecule has 2 nitrogen and oxygen atoms in total. The number of methoxy groups -OCH3 is 1. The molecule has 0 amide bonds. The molecule has 0 aliphatic heterocycles. The molecule has 2 heteroatoms. The van der Waals surface area contributed by atoms with Crippen molar-refractivity contribution in [3.05, 3.63) is 23.8 Å². The number of hydrogen-bond acceptors (Lipinski definition) is 2. The zero-order valence-corrected chi connectivity index (χ0v) is 13.3. The highest BCUT2D eigenvalue weighted by atomic mass is 16.5. The lowest BCUT2D eigenvalue weighted by molar-refractivity contribution is 0.411. The molecular formula is C17H29NO. The minimum Gasteiger partial charge on any atom is -0.495 e. The summed E-state index contributed by atoms with van der Waals surface area (Å²) in [5.74, 6) is 2.34. The predicted octanol–water partition coefficient (Wildman–Crippen LogP) is 4.88. The van der Waals surface area contributed by atoms with Crippen molar-refractivity contribution in [2.75, 3.05) is 12.4 Å². The van der Waals surface area contributed by atoms with E-state index >= 15 is 0 Å². The molecule has 0 aromatic heterocycles. The van der Waals surface area contributed by atoms with Gasteiger partial charge in [0.15, 0.2) is 0 Å². The zero-order chi connectivity index (χ0) is 14.4. The van der Waals surface area contributed by atoms with E-state index in [2.05, 4.69) is 52.1 Å². The second-order valence-corrected chi connectivity index (χ2v) is 6.30. The molecule has 0 radical (unpaired) electrons. The van der Waals surface area contributed by atoms with Crippen molar-refractivity contribution in [3.63, 3.8) is 0 Å². The van der Waals surface area contributed by atoms with E-state index in [1.165, 1.54) is 18.4 Å². The van der Waals surface area contributed by atoms with Gasteiger partial charge < -0.3 is 10.1 Å². The van der Waals surface area contributed by atoms with Crippen LogP contribution in [0.1, 0.15) is 46.1 Å². The van der Waals surface area contributed by atoms with E-state index in [4.69, 9.17) is 4.74 Å². The molecule has 0 atom stereocenters. The molecule has 0 saturated heterocycles. The molecule has 0 unspecified atom stereocenters. The largest absolute Gasteiger partial charge is 0.495 e. The molecular weight excluding hydrogens is 234 g/mol. The highest BCUT2D eigenvalue weighted by Crippen LogP contribution is 2.28. The maximum atomic E-state index is 5.45. The van der Waals surface area contributed by atoms with Gasteiger partial charge in [0.25, 0.3) is 0 Å². The van der Waals surface area contributed by atoms with Crippen molar-refractivity contribution in [1.29, 1.82) is 0 Å². The fraction of sp³-hybridized carbons (Fsp3) is 0.647. The average Bonchev–Trinajstić information content (AvgIpc) is 2.27. The summed E-state index contributed by atoms with van der Waals surface area (Å²) in [6.45, 7) is 11.2. The second kappa shape index (κ2) is 7.42. The first-order valence-corrected chi connectivity index (χ1v) is 7.33. The summed E-state index contributed by atoms with van der Waals surface area (Å²) in [5.41, 5.74) is 2.38. The number of anilines is 1. The summed E-state index contributed by atoms with van der Waals surface area (Å²) in [5, 5.41) is 3.68. The van der Waals surface area contributed by atoms with Crippen LogP contribution >= 0.6 is 0 Å². The molecule has 1 aromatic rings. The fourth-order valence-electron chi connectivity index (χ4n) is 2.51. The Labute approximate surface area is 118 Å². The Hall–Kier alpha value is -1.18. The Morgan fingerprint density at radius 2 is 1.63 bits per heavy atom. The van der Waals surface area contributed by atoms with Gasteiger partial charge in [-0.25, -0.2) is 0 Å². The molecule has 1 aromatic carbocycles. The predicted molar refractivity (Wildman–Crippen MR) is 84.1 cm³/mol. The normalized spacial score (nSPS) is 11.4. The van der Waals surface area contributed by atoms with Crippen LogP contribution in [0.3, 0.4) is 0 Å². The summed E-state index contributed by atoms with van der Waals surface area (Å²) >= 11 is 0. The highest BCUT2D eigenvalue weighted by Gasteiger charge is 2.14. The first-order valence-electron chi connectivity index (χ1n) is 7.33. The third-order valence-electron chi connectivity index (χ3n) is 3.23. The van der Waals surface area contributed by atoms with Crippen molar-refractivity contribution >= 4 is 5.69 Å². The van der Waals surface area contributed by atoms with E-state index in [1.807, 2.05) is 6.07 Å². The van der Waals surface area contributed by atoms with Gasteiger partial charge in [-0.3, -0.25) is 0 Å². The summed E-state index contributed by atoms with van der Waals surface area (Å²) in [4.78, 5) is 0. The van der Waals surface area contributed by atoms with Gasteiger partial charge in [-0.2, -0.15) is 0 Å². The quantitative estimate of drug-likeness (QED) is 0.757. The Bertz CT molecular complexity index is 375. The van der Waals surface area contributed by atoms with Gasteiger partial charge in [-0.15, -0.1) is 0 Å². The summed E-state index contributed by atoms with van der Waals surface area (Å²) in [6, 6.07) is 6.81. The Balaban J connectivity index is 2.85. The van der Waals surface area contributed by atoms with Crippen molar-refractivity contribution in [2.45, 2.75) is 53.5 Å². The van der Waals surface area contributed by atoms with Gasteiger partial charge in [0, 0.05) is 6.04 Å². The van der Waals surface area contributed by atoms with E-state index in [1.54, 1.807) is 7.11 Å². The van der Waals surface area contributed by atoms with E-state index in [0.717, 1.165) is 11.4 Å². The molecule has 0 heterocycles. The molecule has 1 N–H and O–H groups in total. The maximum Gasteiger partial charge on any atom is 0.141 e. The van der Waals surface area contributed by atoms with Crippen LogP contribution in [0.2, 0.25) is 0 Å². The monoisotopic (exact) mass is 263 g/mol. The third-order valence-corrected chi connectivity index (χ3v) is 3.23. The van der Waals surface area contributed by atoms with Gasteiger partial charge in [-0.1, -0.05) is 33.8 Å². The summed E-state index contributed by atoms with van der Waals surface area (Å²) in [7, 11) is 1.73. The zero-order valence-electron chi connectivity index (χ0n) is 13.3. The Kier molecular flexibility index (Phi) is 6.20. The SMILES string of the molecule is COc1ccc(C)cc1NC(CC(C)C)CC(C)C. The lowest BCUT2D eigenvalue weighted by Crippen LogP contribution is -2.24. The number of nitrogens with one attached hydrogen (secondary N) is 1. The molecule has 19 heavy (non-hydrogen) atoms. The maximum absolute atomic E-state index is 5.45. The molecule has 0 bridgehead atoms. The summed E-state index contributed by atoms with van der Waals surface area (Å²) < 4.78 is 5.45. The van der Waals surface area contributed by atoms with Crippen LogP contribution in [0.5, 0.6) is 5.75 Å². The topological polar surface area (TPSA) is 21.3 Å². The first kappa shape index (κ1) is 15.9. The van der Waals surface area contributed by atoms with Crippen LogP contribution in [0.4, 0.5) is 5.69 Å². The van der Waals surface area contributed by atoms with Crippen molar-refractivity contribution in [3.8, 4) is 5.75 Å². The molecule has 0 aliphatic carbocycles. The van der Waals surface area contributed by atoms with Crippen LogP contribution in [-0.2, 0) is 0 Å². The number of ether oxygens (including phenoxy) is 1. The smallest absolute Gasteiger partial charge is 0.141 e. The van der Waals surface area contributed by atoms with E-state index in [-0.39, 0.29) is 0 Å². The van der Waals surface area contributed by atoms with Gasteiger partial charge in [0.2, 0.25) is 0 Å². The molecule has 0 spiro atoms. The minimum absolute atomic E-state index is 0.510. The van der Waals surface area contributed by atoms with Gasteiger partial charge in [0.05, 0.1) is 12.8 Å². The van der Waals surface area contributed by atoms with Crippen LogP contribution in [0, 0.1) is 18.8 Å². The number of rotatable bonds is 7. The molecule has 108 valence electrons. The van der Waals surface area contributed by atoms with Crippen LogP contribution in [0.25, 0.3) is 0 Å². The lowest BCUT2D eigenvalue weighted by Gasteiger charge is -2.24. The highest BCUT2D eigenvalue weighted by molar-refractivity contribution is 5.58. The average molecular weight is 263 g/mol. The van der Waals surface area contributed by atoms with E-state index in [9.17, 15) is 0 Å². The van der Waals surface area contributed by atoms with Gasteiger partial charge >= 0.3 is 0 Å². The van der Waals surface area contributed by atoms with Gasteiger partial charge in [-0.05, 0) is 49.3 Å².